The summed E-state index contributed by atoms with van der Waals surface area (Å²) in [6.07, 6.45) is 1.16. The van der Waals surface area contributed by atoms with Gasteiger partial charge in [0.15, 0.2) is 0 Å². The summed E-state index contributed by atoms with van der Waals surface area (Å²) in [7, 11) is 4.08. The minimum absolute atomic E-state index is 0.588. The van der Waals surface area contributed by atoms with Crippen molar-refractivity contribution in [3.63, 3.8) is 0 Å². The lowest BCUT2D eigenvalue weighted by Gasteiger charge is -2.40. The molecule has 3 rings (SSSR count). The highest BCUT2D eigenvalue weighted by molar-refractivity contribution is 5.90. The zero-order valence-electron chi connectivity index (χ0n) is 13.0. The van der Waals surface area contributed by atoms with Crippen molar-refractivity contribution in [2.24, 2.45) is 0 Å². The number of fused-ring (bicyclic) bond motifs is 1. The van der Waals surface area contributed by atoms with Crippen molar-refractivity contribution in [3.8, 4) is 0 Å². The van der Waals surface area contributed by atoms with Gasteiger partial charge in [-0.15, -0.1) is 0 Å². The Kier molecular flexibility index (Phi) is 3.92. The third-order valence-electron chi connectivity index (χ3n) is 4.35. The van der Waals surface area contributed by atoms with Crippen LogP contribution < -0.4 is 10.2 Å². The topological polar surface area (TPSA) is 44.3 Å². The summed E-state index contributed by atoms with van der Waals surface area (Å²) in [6.45, 7) is 5.36. The zero-order valence-corrected chi connectivity index (χ0v) is 13.0. The van der Waals surface area contributed by atoms with Crippen LogP contribution in [0.4, 0.5) is 11.8 Å². The molecule has 0 bridgehead atoms. The largest absolute Gasteiger partial charge is 0.357 e. The number of rotatable bonds is 3. The molecule has 0 radical (unpaired) electrons. The van der Waals surface area contributed by atoms with Crippen molar-refractivity contribution < 1.29 is 0 Å². The molecule has 1 aromatic heterocycles. The van der Waals surface area contributed by atoms with Gasteiger partial charge < -0.3 is 10.2 Å². The number of anilines is 2. The van der Waals surface area contributed by atoms with Crippen LogP contribution in [0.1, 0.15) is 13.3 Å². The molecular formula is C16H23N5. The number of likely N-dealkylation sites (N-methyl/N-ethyl adjacent to an activating group) is 1. The first kappa shape index (κ1) is 14.1. The minimum Gasteiger partial charge on any atom is -0.357 e. The second-order valence-electron chi connectivity index (χ2n) is 5.63. The van der Waals surface area contributed by atoms with E-state index in [1.807, 2.05) is 13.1 Å². The van der Waals surface area contributed by atoms with Crippen LogP contribution in [0.3, 0.4) is 0 Å². The van der Waals surface area contributed by atoms with Crippen molar-refractivity contribution in [1.29, 1.82) is 0 Å². The summed E-state index contributed by atoms with van der Waals surface area (Å²) in [4.78, 5) is 14.1. The Labute approximate surface area is 126 Å². The summed E-state index contributed by atoms with van der Waals surface area (Å²) in [6, 6.07) is 8.84. The maximum absolute atomic E-state index is 4.72. The quantitative estimate of drug-likeness (QED) is 0.936. The van der Waals surface area contributed by atoms with Gasteiger partial charge in [-0.05, 0) is 25.6 Å². The van der Waals surface area contributed by atoms with Crippen molar-refractivity contribution in [1.82, 2.24) is 14.9 Å². The van der Waals surface area contributed by atoms with Crippen molar-refractivity contribution >= 4 is 22.7 Å². The molecule has 21 heavy (non-hydrogen) atoms. The molecule has 2 heterocycles. The first-order valence-corrected chi connectivity index (χ1v) is 7.62. The van der Waals surface area contributed by atoms with Gasteiger partial charge in [-0.3, -0.25) is 4.90 Å². The average Bonchev–Trinajstić information content (AvgIpc) is 2.54. The summed E-state index contributed by atoms with van der Waals surface area (Å²) in [5, 5.41) is 4.21. The highest BCUT2D eigenvalue weighted by Crippen LogP contribution is 2.27. The second-order valence-corrected chi connectivity index (χ2v) is 5.63. The first-order chi connectivity index (χ1) is 10.2. The van der Waals surface area contributed by atoms with Gasteiger partial charge in [0.05, 0.1) is 5.52 Å². The molecule has 1 saturated heterocycles. The van der Waals surface area contributed by atoms with Gasteiger partial charge in [-0.1, -0.05) is 19.1 Å². The highest BCUT2D eigenvalue weighted by Gasteiger charge is 2.25. The van der Waals surface area contributed by atoms with E-state index in [0.29, 0.717) is 12.0 Å². The monoisotopic (exact) mass is 285 g/mol. The summed E-state index contributed by atoms with van der Waals surface area (Å²) >= 11 is 0. The van der Waals surface area contributed by atoms with Gasteiger partial charge in [-0.2, -0.15) is 4.98 Å². The third-order valence-corrected chi connectivity index (χ3v) is 4.35. The Hall–Kier alpha value is -1.88. The number of nitrogens with zero attached hydrogens (tertiary/aromatic N) is 4. The third kappa shape index (κ3) is 2.65. The molecule has 1 atom stereocenters. The Bertz CT molecular complexity index is 627. The molecule has 0 saturated carbocycles. The Balaban J connectivity index is 2.02. The lowest BCUT2D eigenvalue weighted by molar-refractivity contribution is 0.213. The number of nitrogens with one attached hydrogen (secondary N) is 1. The maximum atomic E-state index is 4.72. The number of aromatic nitrogens is 2. The molecule has 1 fully saturated rings. The summed E-state index contributed by atoms with van der Waals surface area (Å²) in [5.74, 6) is 1.74. The molecule has 0 spiro atoms. The standard InChI is InChI=1S/C16H23N5/c1-4-12-11-21(10-9-20(12)3)15-13-7-5-6-8-14(13)18-16(17-2)19-15/h5-8,12H,4,9-11H2,1-3H3,(H,17,18,19). The second kappa shape index (κ2) is 5.85. The number of hydrogen-bond donors (Lipinski definition) is 1. The SMILES string of the molecule is CCC1CN(c2nc(NC)nc3ccccc23)CCN1C. The molecular weight excluding hydrogens is 262 g/mol. The van der Waals surface area contributed by atoms with E-state index in [2.05, 4.69) is 52.3 Å². The molecule has 112 valence electrons. The van der Waals surface area contributed by atoms with Crippen LogP contribution in [0.5, 0.6) is 0 Å². The number of benzene rings is 1. The number of para-hydroxylation sites is 1. The van der Waals surface area contributed by atoms with Gasteiger partial charge in [0.25, 0.3) is 0 Å². The van der Waals surface area contributed by atoms with E-state index in [-0.39, 0.29) is 0 Å². The Morgan fingerprint density at radius 1 is 1.24 bits per heavy atom. The molecule has 1 aliphatic heterocycles. The van der Waals surface area contributed by atoms with Gasteiger partial charge >= 0.3 is 0 Å². The fraction of sp³-hybridized carbons (Fsp3) is 0.500. The fourth-order valence-electron chi connectivity index (χ4n) is 2.99. The maximum Gasteiger partial charge on any atom is 0.224 e. The molecule has 0 aliphatic carbocycles. The molecule has 1 unspecified atom stereocenters. The molecule has 2 aromatic rings. The van der Waals surface area contributed by atoms with Gasteiger partial charge in [0.2, 0.25) is 5.95 Å². The van der Waals surface area contributed by atoms with Gasteiger partial charge in [-0.25, -0.2) is 4.98 Å². The lowest BCUT2D eigenvalue weighted by atomic mass is 10.1. The Morgan fingerprint density at radius 2 is 2.05 bits per heavy atom. The van der Waals surface area contributed by atoms with Crippen LogP contribution in [0.2, 0.25) is 0 Å². The minimum atomic E-state index is 0.588. The van der Waals surface area contributed by atoms with E-state index in [4.69, 9.17) is 4.98 Å². The van der Waals surface area contributed by atoms with E-state index < -0.39 is 0 Å². The molecule has 5 heteroatoms. The van der Waals surface area contributed by atoms with E-state index >= 15 is 0 Å². The van der Waals surface area contributed by atoms with Crippen LogP contribution >= 0.6 is 0 Å². The predicted molar refractivity (Wildman–Crippen MR) is 88.0 cm³/mol. The lowest BCUT2D eigenvalue weighted by Crippen LogP contribution is -2.51. The smallest absolute Gasteiger partial charge is 0.224 e. The number of piperazine rings is 1. The van der Waals surface area contributed by atoms with E-state index in [1.165, 1.54) is 0 Å². The highest BCUT2D eigenvalue weighted by atomic mass is 15.3. The Morgan fingerprint density at radius 3 is 2.81 bits per heavy atom. The van der Waals surface area contributed by atoms with E-state index in [0.717, 1.165) is 42.8 Å². The van der Waals surface area contributed by atoms with Crippen molar-refractivity contribution in [3.05, 3.63) is 24.3 Å². The van der Waals surface area contributed by atoms with Gasteiger partial charge in [0.1, 0.15) is 5.82 Å². The molecule has 1 aromatic carbocycles. The summed E-state index contributed by atoms with van der Waals surface area (Å²) in [5.41, 5.74) is 0.999. The molecule has 5 nitrogen and oxygen atoms in total. The summed E-state index contributed by atoms with van der Waals surface area (Å²) < 4.78 is 0. The van der Waals surface area contributed by atoms with Crippen LogP contribution in [0.25, 0.3) is 10.9 Å². The van der Waals surface area contributed by atoms with Crippen molar-refractivity contribution in [2.45, 2.75) is 19.4 Å². The first-order valence-electron chi connectivity index (χ1n) is 7.62. The average molecular weight is 285 g/mol. The van der Waals surface area contributed by atoms with E-state index in [1.54, 1.807) is 0 Å². The fourth-order valence-corrected chi connectivity index (χ4v) is 2.99. The van der Waals surface area contributed by atoms with Crippen molar-refractivity contribution in [2.75, 3.05) is 43.9 Å². The van der Waals surface area contributed by atoms with Gasteiger partial charge in [0, 0.05) is 38.1 Å². The number of hydrogen-bond acceptors (Lipinski definition) is 5. The van der Waals surface area contributed by atoms with Crippen LogP contribution in [-0.4, -0.2) is 54.6 Å². The van der Waals surface area contributed by atoms with Crippen LogP contribution in [0.15, 0.2) is 24.3 Å². The van der Waals surface area contributed by atoms with Crippen LogP contribution in [0, 0.1) is 0 Å². The zero-order chi connectivity index (χ0) is 14.8. The van der Waals surface area contributed by atoms with E-state index in [9.17, 15) is 0 Å². The molecule has 0 amide bonds. The normalized spacial score (nSPS) is 20.0. The predicted octanol–water partition coefficient (Wildman–Crippen LogP) is 2.20. The van der Waals surface area contributed by atoms with Crippen LogP contribution in [-0.2, 0) is 0 Å². The molecule has 1 N–H and O–H groups in total. The molecule has 1 aliphatic rings.